The molecule has 0 spiro atoms. The predicted octanol–water partition coefficient (Wildman–Crippen LogP) is 4.42. The van der Waals surface area contributed by atoms with Gasteiger partial charge < -0.3 is 8.98 Å². The number of thiophene rings is 1. The smallest absolute Gasteiger partial charge is 0.197 e. The fourth-order valence-electron chi connectivity index (χ4n) is 3.48. The first-order valence-electron chi connectivity index (χ1n) is 8.59. The highest BCUT2D eigenvalue weighted by Crippen LogP contribution is 2.41. The van der Waals surface area contributed by atoms with Crippen molar-refractivity contribution in [1.82, 2.24) is 24.7 Å². The van der Waals surface area contributed by atoms with Crippen LogP contribution < -0.4 is 0 Å². The van der Waals surface area contributed by atoms with Gasteiger partial charge in [0.1, 0.15) is 21.9 Å². The molecule has 0 bridgehead atoms. The second-order valence-electron chi connectivity index (χ2n) is 6.43. The van der Waals surface area contributed by atoms with Crippen molar-refractivity contribution in [1.29, 1.82) is 0 Å². The van der Waals surface area contributed by atoms with E-state index in [0.717, 1.165) is 45.0 Å². The first-order valence-corrected chi connectivity index (χ1v) is 10.2. The Morgan fingerprint density at radius 1 is 1.19 bits per heavy atom. The summed E-state index contributed by atoms with van der Waals surface area (Å²) in [6.07, 6.45) is 8.13. The molecular weight excluding hydrogens is 366 g/mol. The lowest BCUT2D eigenvalue weighted by atomic mass is 9.97. The van der Waals surface area contributed by atoms with Crippen molar-refractivity contribution in [2.75, 3.05) is 0 Å². The summed E-state index contributed by atoms with van der Waals surface area (Å²) >= 11 is 3.37. The number of nitrogens with zero attached hydrogens (tertiary/aromatic N) is 5. The Morgan fingerprint density at radius 3 is 2.92 bits per heavy atom. The maximum atomic E-state index is 5.40. The summed E-state index contributed by atoms with van der Waals surface area (Å²) in [4.78, 5) is 11.6. The average Bonchev–Trinajstić information content (AvgIpc) is 3.33. The molecule has 0 aliphatic heterocycles. The average molecular weight is 384 g/mol. The van der Waals surface area contributed by atoms with E-state index in [1.54, 1.807) is 24.4 Å². The van der Waals surface area contributed by atoms with Gasteiger partial charge in [-0.05, 0) is 56.0 Å². The fraction of sp³-hybridized carbons (Fsp3) is 0.333. The topological polar surface area (TPSA) is 69.6 Å². The number of aryl methyl sites for hydroxylation is 3. The molecule has 0 unspecified atom stereocenters. The summed E-state index contributed by atoms with van der Waals surface area (Å²) in [5.41, 5.74) is 2.40. The molecule has 0 amide bonds. The van der Waals surface area contributed by atoms with Crippen LogP contribution in [0.1, 0.15) is 29.0 Å². The summed E-state index contributed by atoms with van der Waals surface area (Å²) in [7, 11) is 1.98. The van der Waals surface area contributed by atoms with Gasteiger partial charge in [-0.25, -0.2) is 9.97 Å². The molecule has 4 heterocycles. The van der Waals surface area contributed by atoms with Gasteiger partial charge in [-0.2, -0.15) is 0 Å². The number of rotatable bonds is 3. The molecular formula is C18H17N5OS2. The zero-order valence-corrected chi connectivity index (χ0v) is 16.2. The Kier molecular flexibility index (Phi) is 3.82. The van der Waals surface area contributed by atoms with E-state index in [1.165, 1.54) is 28.7 Å². The molecule has 4 aromatic heterocycles. The molecule has 0 saturated heterocycles. The third-order valence-corrected chi connectivity index (χ3v) is 7.08. The lowest BCUT2D eigenvalue weighted by Gasteiger charge is -2.11. The molecule has 0 fully saturated rings. The van der Waals surface area contributed by atoms with Gasteiger partial charge in [0.2, 0.25) is 0 Å². The lowest BCUT2D eigenvalue weighted by molar-refractivity contribution is 0.534. The number of hydrogen-bond acceptors (Lipinski definition) is 7. The highest BCUT2D eigenvalue weighted by molar-refractivity contribution is 7.99. The van der Waals surface area contributed by atoms with Gasteiger partial charge >= 0.3 is 0 Å². The van der Waals surface area contributed by atoms with E-state index in [2.05, 4.69) is 20.2 Å². The monoisotopic (exact) mass is 383 g/mol. The van der Waals surface area contributed by atoms with E-state index >= 15 is 0 Å². The van der Waals surface area contributed by atoms with Gasteiger partial charge in [0.25, 0.3) is 0 Å². The molecule has 0 aromatic carbocycles. The molecule has 1 aliphatic rings. The van der Waals surface area contributed by atoms with Gasteiger partial charge in [0, 0.05) is 17.3 Å². The van der Waals surface area contributed by atoms with Crippen molar-refractivity contribution in [3.63, 3.8) is 0 Å². The summed E-state index contributed by atoms with van der Waals surface area (Å²) in [5.74, 6) is 1.64. The first kappa shape index (κ1) is 16.0. The third kappa shape index (κ3) is 2.47. The molecule has 8 heteroatoms. The van der Waals surface area contributed by atoms with Crippen molar-refractivity contribution in [3.05, 3.63) is 34.9 Å². The van der Waals surface area contributed by atoms with E-state index in [1.807, 2.05) is 35.9 Å². The second-order valence-corrected chi connectivity index (χ2v) is 8.47. The van der Waals surface area contributed by atoms with Crippen molar-refractivity contribution >= 4 is 33.3 Å². The van der Waals surface area contributed by atoms with E-state index in [9.17, 15) is 0 Å². The third-order valence-electron chi connectivity index (χ3n) is 4.84. The van der Waals surface area contributed by atoms with Crippen LogP contribution in [-0.4, -0.2) is 24.7 Å². The minimum atomic E-state index is 0.802. The molecule has 4 aromatic rings. The van der Waals surface area contributed by atoms with Gasteiger partial charge in [0.15, 0.2) is 11.0 Å². The molecule has 0 atom stereocenters. The molecule has 0 radical (unpaired) electrons. The van der Waals surface area contributed by atoms with Crippen LogP contribution in [0.4, 0.5) is 0 Å². The normalized spacial score (nSPS) is 14.1. The highest BCUT2D eigenvalue weighted by Gasteiger charge is 2.22. The van der Waals surface area contributed by atoms with E-state index in [4.69, 9.17) is 4.42 Å². The SMILES string of the molecule is Cc1occc1-c1nnc(Sc2ncnc3sc4c(c23)CCCC4)n1C. The molecule has 26 heavy (non-hydrogen) atoms. The Balaban J connectivity index is 1.58. The maximum Gasteiger partial charge on any atom is 0.197 e. The number of furan rings is 1. The summed E-state index contributed by atoms with van der Waals surface area (Å²) < 4.78 is 7.40. The molecule has 0 N–H and O–H groups in total. The zero-order chi connectivity index (χ0) is 17.7. The van der Waals surface area contributed by atoms with E-state index in [-0.39, 0.29) is 0 Å². The van der Waals surface area contributed by atoms with Crippen LogP contribution in [0.25, 0.3) is 21.6 Å². The van der Waals surface area contributed by atoms with Gasteiger partial charge in [-0.3, -0.25) is 0 Å². The second kappa shape index (κ2) is 6.21. The van der Waals surface area contributed by atoms with E-state index in [0.29, 0.717) is 0 Å². The van der Waals surface area contributed by atoms with Crippen LogP contribution in [0.5, 0.6) is 0 Å². The Hall–Kier alpha value is -2.19. The summed E-state index contributed by atoms with van der Waals surface area (Å²) in [6.45, 7) is 1.93. The van der Waals surface area contributed by atoms with E-state index < -0.39 is 0 Å². The molecule has 6 nitrogen and oxygen atoms in total. The minimum absolute atomic E-state index is 0.802. The van der Waals surface area contributed by atoms with Crippen molar-refractivity contribution in [3.8, 4) is 11.4 Å². The minimum Gasteiger partial charge on any atom is -0.469 e. The van der Waals surface area contributed by atoms with Crippen LogP contribution >= 0.6 is 23.1 Å². The molecule has 1 aliphatic carbocycles. The number of aromatic nitrogens is 5. The maximum absolute atomic E-state index is 5.40. The Morgan fingerprint density at radius 2 is 2.08 bits per heavy atom. The lowest BCUT2D eigenvalue weighted by Crippen LogP contribution is -1.99. The van der Waals surface area contributed by atoms with Gasteiger partial charge in [-0.1, -0.05) is 0 Å². The van der Waals surface area contributed by atoms with Crippen LogP contribution in [0.3, 0.4) is 0 Å². The Labute approximate surface area is 158 Å². The highest BCUT2D eigenvalue weighted by atomic mass is 32.2. The van der Waals surface area contributed by atoms with Crippen molar-refractivity contribution in [2.24, 2.45) is 7.05 Å². The quantitative estimate of drug-likeness (QED) is 0.488. The predicted molar refractivity (Wildman–Crippen MR) is 102 cm³/mol. The van der Waals surface area contributed by atoms with Crippen LogP contribution in [-0.2, 0) is 19.9 Å². The molecule has 5 rings (SSSR count). The van der Waals surface area contributed by atoms with Crippen molar-refractivity contribution in [2.45, 2.75) is 42.8 Å². The fourth-order valence-corrected chi connectivity index (χ4v) is 5.67. The largest absolute Gasteiger partial charge is 0.469 e. The van der Waals surface area contributed by atoms with Crippen LogP contribution in [0.2, 0.25) is 0 Å². The zero-order valence-electron chi connectivity index (χ0n) is 14.5. The number of fused-ring (bicyclic) bond motifs is 3. The number of hydrogen-bond donors (Lipinski definition) is 0. The van der Waals surface area contributed by atoms with Gasteiger partial charge in [0.05, 0.1) is 11.8 Å². The first-order chi connectivity index (χ1) is 12.7. The van der Waals surface area contributed by atoms with Crippen LogP contribution in [0, 0.1) is 6.92 Å². The van der Waals surface area contributed by atoms with Gasteiger partial charge in [-0.15, -0.1) is 21.5 Å². The van der Waals surface area contributed by atoms with Crippen LogP contribution in [0.15, 0.2) is 33.3 Å². The summed E-state index contributed by atoms with van der Waals surface area (Å²) in [5, 5.41) is 11.7. The molecule has 132 valence electrons. The summed E-state index contributed by atoms with van der Waals surface area (Å²) in [6, 6.07) is 1.92. The molecule has 0 saturated carbocycles. The standard InChI is InChI=1S/C18H17N5OS2/c1-10-11(7-8-24-10)15-21-22-18(23(15)2)26-17-14-12-5-3-4-6-13(12)25-16(14)19-9-20-17/h7-9H,3-6H2,1-2H3. The van der Waals surface area contributed by atoms with Crippen molar-refractivity contribution < 1.29 is 4.42 Å². The Bertz CT molecular complexity index is 1110.